The lowest BCUT2D eigenvalue weighted by molar-refractivity contribution is 0.665. The fourth-order valence-electron chi connectivity index (χ4n) is 9.58. The molecular formula is C56H35N3O. The van der Waals surface area contributed by atoms with E-state index in [-0.39, 0.29) is 0 Å². The summed E-state index contributed by atoms with van der Waals surface area (Å²) in [7, 11) is 0. The molecule has 0 atom stereocenters. The van der Waals surface area contributed by atoms with Crippen LogP contribution < -0.4 is 0 Å². The highest BCUT2D eigenvalue weighted by Crippen LogP contribution is 2.56. The van der Waals surface area contributed by atoms with Crippen molar-refractivity contribution in [2.24, 2.45) is 0 Å². The highest BCUT2D eigenvalue weighted by Gasteiger charge is 2.46. The standard InChI is InChI=1S/C56H35N3O/c1-4-16-36(17-5-1)53-57-54(37-18-6-2-7-19-37)59-55(58-53)47-27-15-25-42-41(24-14-26-43(42)47)38-30-33-51-48(34-38)46-32-31-40(35-52(46)60-51)56(39-20-8-3-9-21-39)49-28-12-10-22-44(49)45-23-11-13-29-50(45)56/h1-35H. The monoisotopic (exact) mass is 765 g/mol. The van der Waals surface area contributed by atoms with Gasteiger partial charge in [-0.05, 0) is 73.5 Å². The Morgan fingerprint density at radius 3 is 1.48 bits per heavy atom. The average Bonchev–Trinajstić information content (AvgIpc) is 3.85. The first-order chi connectivity index (χ1) is 29.7. The number of nitrogens with zero attached hydrogens (tertiary/aromatic N) is 3. The second kappa shape index (κ2) is 13.6. The van der Waals surface area contributed by atoms with Crippen LogP contribution in [0.15, 0.2) is 217 Å². The first-order valence-corrected chi connectivity index (χ1v) is 20.4. The van der Waals surface area contributed by atoms with E-state index in [0.717, 1.165) is 60.5 Å². The van der Waals surface area contributed by atoms with Crippen molar-refractivity contribution in [1.82, 2.24) is 15.0 Å². The molecule has 0 radical (unpaired) electrons. The molecule has 1 aliphatic rings. The van der Waals surface area contributed by atoms with E-state index in [9.17, 15) is 0 Å². The predicted octanol–water partition coefficient (Wildman–Crippen LogP) is 14.0. The molecule has 0 fully saturated rings. The third-order valence-corrected chi connectivity index (χ3v) is 12.2. The number of fused-ring (bicyclic) bond motifs is 7. The number of rotatable bonds is 6. The number of hydrogen-bond donors (Lipinski definition) is 0. The van der Waals surface area contributed by atoms with E-state index in [4.69, 9.17) is 19.4 Å². The number of furan rings is 1. The average molecular weight is 766 g/mol. The van der Waals surface area contributed by atoms with Crippen LogP contribution in [0.25, 0.3) is 89.1 Å². The van der Waals surface area contributed by atoms with Crippen molar-refractivity contribution in [3.05, 3.63) is 235 Å². The van der Waals surface area contributed by atoms with Gasteiger partial charge in [0.1, 0.15) is 11.2 Å². The summed E-state index contributed by atoms with van der Waals surface area (Å²) in [6, 6.07) is 75.1. The molecule has 4 heteroatoms. The van der Waals surface area contributed by atoms with Crippen molar-refractivity contribution in [2.75, 3.05) is 0 Å². The molecule has 0 saturated heterocycles. The molecular weight excluding hydrogens is 731 g/mol. The Bertz CT molecular complexity index is 3330. The molecule has 1 aliphatic carbocycles. The number of hydrogen-bond acceptors (Lipinski definition) is 4. The SMILES string of the molecule is c1ccc(-c2nc(-c3ccccc3)nc(-c3cccc4c(-c5ccc6oc7cc(C8(c9ccccc9)c9ccccc9-c9ccccc98)ccc7c6c5)cccc34)n2)cc1. The molecule has 11 aromatic rings. The summed E-state index contributed by atoms with van der Waals surface area (Å²) in [5.74, 6) is 1.92. The maximum Gasteiger partial charge on any atom is 0.164 e. The number of aromatic nitrogens is 3. The Hall–Kier alpha value is -7.95. The normalized spacial score (nSPS) is 12.8. The van der Waals surface area contributed by atoms with Crippen LogP contribution in [0.1, 0.15) is 22.3 Å². The van der Waals surface area contributed by atoms with Crippen LogP contribution in [0.4, 0.5) is 0 Å². The van der Waals surface area contributed by atoms with Crippen LogP contribution in [0.2, 0.25) is 0 Å². The molecule has 9 aromatic carbocycles. The summed E-state index contributed by atoms with van der Waals surface area (Å²) in [6.07, 6.45) is 0. The molecule has 0 amide bonds. The summed E-state index contributed by atoms with van der Waals surface area (Å²) in [4.78, 5) is 15.1. The maximum absolute atomic E-state index is 6.74. The molecule has 0 N–H and O–H groups in total. The first-order valence-electron chi connectivity index (χ1n) is 20.4. The van der Waals surface area contributed by atoms with Crippen molar-refractivity contribution in [2.45, 2.75) is 5.41 Å². The van der Waals surface area contributed by atoms with Crippen LogP contribution >= 0.6 is 0 Å². The van der Waals surface area contributed by atoms with Gasteiger partial charge in [0, 0.05) is 27.5 Å². The summed E-state index contributed by atoms with van der Waals surface area (Å²) >= 11 is 0. The molecule has 2 heterocycles. The summed E-state index contributed by atoms with van der Waals surface area (Å²) in [6.45, 7) is 0. The predicted molar refractivity (Wildman–Crippen MR) is 244 cm³/mol. The lowest BCUT2D eigenvalue weighted by Crippen LogP contribution is -2.28. The van der Waals surface area contributed by atoms with Crippen molar-refractivity contribution in [3.63, 3.8) is 0 Å². The minimum Gasteiger partial charge on any atom is -0.456 e. The van der Waals surface area contributed by atoms with Gasteiger partial charge in [0.2, 0.25) is 0 Å². The van der Waals surface area contributed by atoms with E-state index in [1.165, 1.54) is 33.4 Å². The minimum atomic E-state index is -0.490. The second-order valence-electron chi connectivity index (χ2n) is 15.5. The molecule has 280 valence electrons. The van der Waals surface area contributed by atoms with Crippen LogP contribution in [0, 0.1) is 0 Å². The van der Waals surface area contributed by atoms with Crippen LogP contribution in [0.5, 0.6) is 0 Å². The minimum absolute atomic E-state index is 0.490. The molecule has 0 aliphatic heterocycles. The maximum atomic E-state index is 6.74. The first kappa shape index (κ1) is 34.1. The third-order valence-electron chi connectivity index (χ3n) is 12.2. The second-order valence-corrected chi connectivity index (χ2v) is 15.5. The lowest BCUT2D eigenvalue weighted by atomic mass is 9.67. The Labute approximate surface area is 347 Å². The molecule has 4 nitrogen and oxygen atoms in total. The van der Waals surface area contributed by atoms with Gasteiger partial charge < -0.3 is 4.42 Å². The molecule has 12 rings (SSSR count). The van der Waals surface area contributed by atoms with E-state index in [2.05, 4.69) is 152 Å². The Kier molecular flexibility index (Phi) is 7.72. The van der Waals surface area contributed by atoms with Crippen molar-refractivity contribution >= 4 is 32.7 Å². The molecule has 0 saturated carbocycles. The van der Waals surface area contributed by atoms with Crippen LogP contribution in [0.3, 0.4) is 0 Å². The van der Waals surface area contributed by atoms with Gasteiger partial charge in [0.05, 0.1) is 5.41 Å². The lowest BCUT2D eigenvalue weighted by Gasteiger charge is -2.33. The highest BCUT2D eigenvalue weighted by atomic mass is 16.3. The van der Waals surface area contributed by atoms with Gasteiger partial charge in [-0.15, -0.1) is 0 Å². The zero-order chi connectivity index (χ0) is 39.6. The van der Waals surface area contributed by atoms with E-state index in [0.29, 0.717) is 17.5 Å². The highest BCUT2D eigenvalue weighted by molar-refractivity contribution is 6.09. The van der Waals surface area contributed by atoms with Gasteiger partial charge in [-0.2, -0.15) is 0 Å². The Balaban J connectivity index is 0.999. The van der Waals surface area contributed by atoms with Gasteiger partial charge in [0.15, 0.2) is 17.5 Å². The van der Waals surface area contributed by atoms with Gasteiger partial charge in [-0.1, -0.05) is 194 Å². The Morgan fingerprint density at radius 1 is 0.300 bits per heavy atom. The fraction of sp³-hybridized carbons (Fsp3) is 0.0179. The van der Waals surface area contributed by atoms with Gasteiger partial charge in [-0.25, -0.2) is 15.0 Å². The molecule has 0 unspecified atom stereocenters. The fourth-order valence-corrected chi connectivity index (χ4v) is 9.58. The molecule has 60 heavy (non-hydrogen) atoms. The topological polar surface area (TPSA) is 51.8 Å². The zero-order valence-corrected chi connectivity index (χ0v) is 32.5. The number of benzene rings is 9. The van der Waals surface area contributed by atoms with Crippen LogP contribution in [-0.4, -0.2) is 15.0 Å². The zero-order valence-electron chi connectivity index (χ0n) is 32.5. The Morgan fingerprint density at radius 2 is 0.833 bits per heavy atom. The third kappa shape index (κ3) is 5.21. The summed E-state index contributed by atoms with van der Waals surface area (Å²) in [5, 5.41) is 4.37. The molecule has 0 spiro atoms. The van der Waals surface area contributed by atoms with Crippen LogP contribution in [-0.2, 0) is 5.41 Å². The van der Waals surface area contributed by atoms with Crippen molar-refractivity contribution in [3.8, 4) is 56.4 Å². The van der Waals surface area contributed by atoms with Crippen molar-refractivity contribution < 1.29 is 4.42 Å². The summed E-state index contributed by atoms with van der Waals surface area (Å²) < 4.78 is 6.74. The summed E-state index contributed by atoms with van der Waals surface area (Å²) in [5.41, 5.74) is 13.9. The van der Waals surface area contributed by atoms with Gasteiger partial charge in [0.25, 0.3) is 0 Å². The van der Waals surface area contributed by atoms with E-state index < -0.39 is 5.41 Å². The molecule has 2 aromatic heterocycles. The van der Waals surface area contributed by atoms with E-state index in [1.54, 1.807) is 0 Å². The van der Waals surface area contributed by atoms with E-state index >= 15 is 0 Å². The van der Waals surface area contributed by atoms with Gasteiger partial charge in [-0.3, -0.25) is 0 Å². The quantitative estimate of drug-likeness (QED) is 0.169. The molecule has 0 bridgehead atoms. The largest absolute Gasteiger partial charge is 0.456 e. The van der Waals surface area contributed by atoms with Crippen molar-refractivity contribution in [1.29, 1.82) is 0 Å². The van der Waals surface area contributed by atoms with Gasteiger partial charge >= 0.3 is 0 Å². The smallest absolute Gasteiger partial charge is 0.164 e. The van der Waals surface area contributed by atoms with E-state index in [1.807, 2.05) is 60.7 Å².